The van der Waals surface area contributed by atoms with Gasteiger partial charge in [0.2, 0.25) is 59.1 Å². The van der Waals surface area contributed by atoms with Crippen molar-refractivity contribution in [1.29, 1.82) is 0 Å². The highest BCUT2D eigenvalue weighted by Crippen LogP contribution is 2.21. The highest BCUT2D eigenvalue weighted by atomic mass is 16.4. The fourth-order valence-electron chi connectivity index (χ4n) is 6.37. The van der Waals surface area contributed by atoms with Crippen LogP contribution >= 0.6 is 0 Å². The number of nitrogens with two attached hydrogens (primary N) is 5. The molecule has 1 aliphatic rings. The standard InChI is InChI=1S/C37H64N12O13/c1-18(2)15-24(44-29(54)17-43-35(59)30(19(3)50)48-31(55)20(39)16-28(42)53)33(57)45-21(9-11-26(40)51)32(56)46-22(10-12-27(41)52)36(60)49-14-6-8-25(49)34(58)47-23(37(61)62)7-4-5-13-38/h18-25,30,50H,4-17,38-39H2,1-3H3,(H2,40,51)(H2,41,52)(H2,42,53)(H,43,59)(H,44,54)(H,45,57)(H,46,56)(H,47,58)(H,48,55)(H,61,62). The first-order valence-corrected chi connectivity index (χ1v) is 20.3. The van der Waals surface area contributed by atoms with Gasteiger partial charge < -0.3 is 75.7 Å². The molecule has 10 amide bonds. The average Bonchev–Trinajstić information content (AvgIpc) is 3.67. The monoisotopic (exact) mass is 884 g/mol. The van der Waals surface area contributed by atoms with Crippen LogP contribution in [0.3, 0.4) is 0 Å². The maximum atomic E-state index is 14.0. The van der Waals surface area contributed by atoms with Crippen LogP contribution in [0.2, 0.25) is 0 Å². The van der Waals surface area contributed by atoms with Gasteiger partial charge in [0.05, 0.1) is 25.1 Å². The van der Waals surface area contributed by atoms with Crippen molar-refractivity contribution in [3.8, 4) is 0 Å². The molecule has 0 spiro atoms. The number of rotatable bonds is 29. The largest absolute Gasteiger partial charge is 0.480 e. The normalized spacial score (nSPS) is 16.9. The molecule has 0 aromatic carbocycles. The molecule has 8 atom stereocenters. The van der Waals surface area contributed by atoms with Crippen LogP contribution in [0.1, 0.15) is 91.4 Å². The van der Waals surface area contributed by atoms with E-state index in [1.54, 1.807) is 13.8 Å². The summed E-state index contributed by atoms with van der Waals surface area (Å²) in [5.41, 5.74) is 26.8. The van der Waals surface area contributed by atoms with E-state index in [1.165, 1.54) is 6.92 Å². The molecule has 25 heteroatoms. The highest BCUT2D eigenvalue weighted by Gasteiger charge is 2.40. The summed E-state index contributed by atoms with van der Waals surface area (Å²) in [6, 6.07) is -9.79. The zero-order valence-corrected chi connectivity index (χ0v) is 35.3. The van der Waals surface area contributed by atoms with Crippen molar-refractivity contribution in [1.82, 2.24) is 36.8 Å². The maximum Gasteiger partial charge on any atom is 0.326 e. The first-order valence-electron chi connectivity index (χ1n) is 20.3. The number of amides is 10. The van der Waals surface area contributed by atoms with Gasteiger partial charge in [-0.3, -0.25) is 47.9 Å². The minimum Gasteiger partial charge on any atom is -0.480 e. The lowest BCUT2D eigenvalue weighted by molar-refractivity contribution is -0.145. The number of hydrogen-bond acceptors (Lipinski definition) is 14. The van der Waals surface area contributed by atoms with Crippen molar-refractivity contribution in [3.63, 3.8) is 0 Å². The number of nitrogens with one attached hydrogen (secondary N) is 6. The van der Waals surface area contributed by atoms with Gasteiger partial charge in [0.25, 0.3) is 0 Å². The smallest absolute Gasteiger partial charge is 0.326 e. The van der Waals surface area contributed by atoms with E-state index < -0.39 is 139 Å². The van der Waals surface area contributed by atoms with E-state index >= 15 is 0 Å². The number of hydrogen-bond donors (Lipinski definition) is 13. The summed E-state index contributed by atoms with van der Waals surface area (Å²) in [5, 5.41) is 33.9. The summed E-state index contributed by atoms with van der Waals surface area (Å²) >= 11 is 0. The maximum absolute atomic E-state index is 14.0. The molecule has 25 nitrogen and oxygen atoms in total. The fourth-order valence-corrected chi connectivity index (χ4v) is 6.37. The molecule has 1 rings (SSSR count). The average molecular weight is 885 g/mol. The number of primary amides is 3. The first kappa shape index (κ1) is 54.1. The van der Waals surface area contributed by atoms with Crippen molar-refractivity contribution >= 4 is 65.0 Å². The van der Waals surface area contributed by atoms with Crippen molar-refractivity contribution < 1.29 is 63.0 Å². The Morgan fingerprint density at radius 1 is 0.694 bits per heavy atom. The Labute approximate surface area is 358 Å². The highest BCUT2D eigenvalue weighted by molar-refractivity contribution is 5.98. The first-order chi connectivity index (χ1) is 29.0. The molecule has 1 fully saturated rings. The van der Waals surface area contributed by atoms with Crippen molar-refractivity contribution in [3.05, 3.63) is 0 Å². The minimum atomic E-state index is -1.61. The zero-order chi connectivity index (χ0) is 47.3. The summed E-state index contributed by atoms with van der Waals surface area (Å²) in [6.45, 7) is 4.21. The Hall–Kier alpha value is -5.95. The predicted molar refractivity (Wildman–Crippen MR) is 218 cm³/mol. The molecular formula is C37H64N12O13. The van der Waals surface area contributed by atoms with Crippen LogP contribution in [-0.2, 0) is 52.7 Å². The number of aliphatic hydroxyl groups is 1. The minimum absolute atomic E-state index is 0.00627. The molecule has 1 saturated heterocycles. The second kappa shape index (κ2) is 27.1. The molecule has 1 aliphatic heterocycles. The van der Waals surface area contributed by atoms with Crippen molar-refractivity contribution in [2.75, 3.05) is 19.6 Å². The number of aliphatic carboxylic acids is 1. The van der Waals surface area contributed by atoms with Crippen LogP contribution < -0.4 is 60.6 Å². The molecule has 0 radical (unpaired) electrons. The molecule has 0 saturated carbocycles. The quantitative estimate of drug-likeness (QED) is 0.0311. The molecule has 18 N–H and O–H groups in total. The number of nitrogens with zero attached hydrogens (tertiary/aromatic N) is 1. The molecule has 350 valence electrons. The van der Waals surface area contributed by atoms with Crippen LogP contribution in [0.4, 0.5) is 0 Å². The molecule has 0 bridgehead atoms. The predicted octanol–water partition coefficient (Wildman–Crippen LogP) is -6.11. The van der Waals surface area contributed by atoms with Gasteiger partial charge >= 0.3 is 5.97 Å². The van der Waals surface area contributed by atoms with E-state index in [4.69, 9.17) is 28.7 Å². The van der Waals surface area contributed by atoms with Gasteiger partial charge in [-0.15, -0.1) is 0 Å². The summed E-state index contributed by atoms with van der Waals surface area (Å²) in [4.78, 5) is 141. The number of carbonyl (C=O) groups is 11. The number of aliphatic hydroxyl groups excluding tert-OH is 1. The zero-order valence-electron chi connectivity index (χ0n) is 35.3. The molecule has 0 aromatic rings. The number of carbonyl (C=O) groups excluding carboxylic acids is 10. The summed E-state index contributed by atoms with van der Waals surface area (Å²) < 4.78 is 0. The third-order valence-electron chi connectivity index (χ3n) is 9.61. The van der Waals surface area contributed by atoms with Gasteiger partial charge in [-0.05, 0) is 70.8 Å². The number of carboxylic acid groups (broad SMARTS) is 1. The molecule has 62 heavy (non-hydrogen) atoms. The van der Waals surface area contributed by atoms with Crippen LogP contribution in [0, 0.1) is 5.92 Å². The molecule has 8 unspecified atom stereocenters. The fraction of sp³-hybridized carbons (Fsp3) is 0.703. The lowest BCUT2D eigenvalue weighted by Crippen LogP contribution is -2.59. The Morgan fingerprint density at radius 3 is 1.81 bits per heavy atom. The Balaban J connectivity index is 3.23. The molecule has 0 aliphatic carbocycles. The lowest BCUT2D eigenvalue weighted by atomic mass is 10.0. The summed E-state index contributed by atoms with van der Waals surface area (Å²) in [5.74, 6) is -10.5. The van der Waals surface area contributed by atoms with Gasteiger partial charge in [-0.2, -0.15) is 0 Å². The SMILES string of the molecule is CC(C)CC(NC(=O)CNC(=O)C(NC(=O)C(N)CC(N)=O)C(C)O)C(=O)NC(CCC(N)=O)C(=O)NC(CCC(N)=O)C(=O)N1CCCC1C(=O)NC(CCCCN)C(=O)O. The number of likely N-dealkylation sites (tertiary alicyclic amines) is 1. The Bertz CT molecular complexity index is 1630. The topological polar surface area (TPSA) is 434 Å². The van der Waals surface area contributed by atoms with Crippen molar-refractivity contribution in [2.24, 2.45) is 34.6 Å². The number of unbranched alkanes of at least 4 members (excludes halogenated alkanes) is 1. The Morgan fingerprint density at radius 2 is 1.27 bits per heavy atom. The molecular weight excluding hydrogens is 820 g/mol. The summed E-state index contributed by atoms with van der Waals surface area (Å²) in [6.07, 6.45) is -2.03. The van der Waals surface area contributed by atoms with E-state index in [0.717, 1.165) is 4.90 Å². The number of carboxylic acids is 1. The third kappa shape index (κ3) is 19.6. The van der Waals surface area contributed by atoms with Gasteiger partial charge in [0, 0.05) is 19.4 Å². The van der Waals surface area contributed by atoms with Crippen LogP contribution in [0.5, 0.6) is 0 Å². The van der Waals surface area contributed by atoms with Crippen LogP contribution in [0.15, 0.2) is 0 Å². The molecule has 0 aromatic heterocycles. The van der Waals surface area contributed by atoms with Crippen LogP contribution in [0.25, 0.3) is 0 Å². The second-order valence-corrected chi connectivity index (χ2v) is 15.5. The van der Waals surface area contributed by atoms with Crippen molar-refractivity contribution in [2.45, 2.75) is 140 Å². The van der Waals surface area contributed by atoms with Gasteiger partial charge in [0.15, 0.2) is 0 Å². The van der Waals surface area contributed by atoms with Gasteiger partial charge in [-0.1, -0.05) is 13.8 Å². The van der Waals surface area contributed by atoms with E-state index in [1.807, 2.05) is 0 Å². The second-order valence-electron chi connectivity index (χ2n) is 15.5. The van der Waals surface area contributed by atoms with E-state index in [-0.39, 0.29) is 44.6 Å². The van der Waals surface area contributed by atoms with Gasteiger partial charge in [0.1, 0.15) is 36.3 Å². The van der Waals surface area contributed by atoms with Crippen LogP contribution in [-0.4, -0.2) is 148 Å². The van der Waals surface area contributed by atoms with E-state index in [2.05, 4.69) is 31.9 Å². The third-order valence-corrected chi connectivity index (χ3v) is 9.61. The Kier molecular flexibility index (Phi) is 23.6. The lowest BCUT2D eigenvalue weighted by Gasteiger charge is -2.30. The van der Waals surface area contributed by atoms with E-state index in [0.29, 0.717) is 25.8 Å². The van der Waals surface area contributed by atoms with Gasteiger partial charge in [-0.25, -0.2) is 4.79 Å². The van der Waals surface area contributed by atoms with E-state index in [9.17, 15) is 63.0 Å². The summed E-state index contributed by atoms with van der Waals surface area (Å²) in [7, 11) is 0. The molecule has 1 heterocycles.